The Kier molecular flexibility index (Phi) is 5.22. The van der Waals surface area contributed by atoms with Gasteiger partial charge in [0.15, 0.2) is 0 Å². The molecule has 0 spiro atoms. The molecule has 0 radical (unpaired) electrons. The fraction of sp³-hybridized carbons (Fsp3) is 0.727. The van der Waals surface area contributed by atoms with E-state index in [9.17, 15) is 0 Å². The second-order valence-electron chi connectivity index (χ2n) is 3.76. The number of hydrogen-bond acceptors (Lipinski definition) is 4. The molecule has 0 aliphatic heterocycles. The third-order valence-corrected chi connectivity index (χ3v) is 3.21. The Morgan fingerprint density at radius 1 is 1.53 bits per heavy atom. The van der Waals surface area contributed by atoms with Crippen molar-refractivity contribution in [1.29, 1.82) is 0 Å². The Morgan fingerprint density at radius 2 is 2.27 bits per heavy atom. The minimum Gasteiger partial charge on any atom is -0.380 e. The summed E-state index contributed by atoms with van der Waals surface area (Å²) < 4.78 is 5.36. The van der Waals surface area contributed by atoms with Gasteiger partial charge in [0.25, 0.3) is 0 Å². The summed E-state index contributed by atoms with van der Waals surface area (Å²) in [4.78, 5) is 5.62. The molecular formula is C11H20N2OS. The smallest absolute Gasteiger partial charge is 0.109 e. The zero-order chi connectivity index (χ0) is 11.3. The van der Waals surface area contributed by atoms with Crippen LogP contribution in [0.2, 0.25) is 0 Å². The molecular weight excluding hydrogens is 208 g/mol. The van der Waals surface area contributed by atoms with Crippen molar-refractivity contribution in [3.8, 4) is 0 Å². The van der Waals surface area contributed by atoms with Crippen LogP contribution in [0.3, 0.4) is 0 Å². The number of aryl methyl sites for hydroxylation is 1. The van der Waals surface area contributed by atoms with Gasteiger partial charge in [0.2, 0.25) is 0 Å². The first-order valence-corrected chi connectivity index (χ1v) is 6.21. The zero-order valence-electron chi connectivity index (χ0n) is 9.91. The molecule has 1 N–H and O–H groups in total. The number of thiazole rings is 1. The van der Waals surface area contributed by atoms with Gasteiger partial charge >= 0.3 is 0 Å². The molecule has 0 saturated heterocycles. The van der Waals surface area contributed by atoms with E-state index >= 15 is 0 Å². The van der Waals surface area contributed by atoms with Gasteiger partial charge < -0.3 is 10.1 Å². The van der Waals surface area contributed by atoms with Crippen molar-refractivity contribution < 1.29 is 4.74 Å². The van der Waals surface area contributed by atoms with E-state index in [4.69, 9.17) is 4.74 Å². The minimum absolute atomic E-state index is 0.305. The van der Waals surface area contributed by atoms with Crippen LogP contribution in [0.1, 0.15) is 36.7 Å². The van der Waals surface area contributed by atoms with Crippen LogP contribution < -0.4 is 5.32 Å². The third-order valence-electron chi connectivity index (χ3n) is 2.12. The van der Waals surface area contributed by atoms with Crippen molar-refractivity contribution in [3.05, 3.63) is 16.1 Å². The van der Waals surface area contributed by atoms with E-state index in [0.29, 0.717) is 12.1 Å². The van der Waals surface area contributed by atoms with Crippen LogP contribution in [0.15, 0.2) is 6.20 Å². The largest absolute Gasteiger partial charge is 0.380 e. The monoisotopic (exact) mass is 228 g/mol. The highest BCUT2D eigenvalue weighted by Gasteiger charge is 2.12. The van der Waals surface area contributed by atoms with E-state index < -0.39 is 0 Å². The molecule has 1 aromatic rings. The summed E-state index contributed by atoms with van der Waals surface area (Å²) >= 11 is 1.75. The van der Waals surface area contributed by atoms with Crippen molar-refractivity contribution in [2.24, 2.45) is 0 Å². The normalized spacial score (nSPS) is 15.2. The Balaban J connectivity index is 2.38. The number of nitrogens with one attached hydrogen (secondary N) is 1. The fourth-order valence-corrected chi connectivity index (χ4v) is 2.20. The van der Waals surface area contributed by atoms with E-state index in [-0.39, 0.29) is 0 Å². The molecule has 1 aromatic heterocycles. The highest BCUT2D eigenvalue weighted by atomic mass is 32.1. The summed E-state index contributed by atoms with van der Waals surface area (Å²) in [6, 6.07) is 0.670. The predicted molar refractivity (Wildman–Crippen MR) is 64.4 cm³/mol. The summed E-state index contributed by atoms with van der Waals surface area (Å²) in [5.74, 6) is 0. The molecule has 0 saturated carbocycles. The van der Waals surface area contributed by atoms with Crippen LogP contribution in [0.25, 0.3) is 0 Å². The minimum atomic E-state index is 0.305. The lowest BCUT2D eigenvalue weighted by molar-refractivity contribution is 0.124. The fourth-order valence-electron chi connectivity index (χ4n) is 1.41. The van der Waals surface area contributed by atoms with Crippen LogP contribution in [0.4, 0.5) is 0 Å². The second kappa shape index (κ2) is 6.20. The molecule has 0 bridgehead atoms. The van der Waals surface area contributed by atoms with Crippen molar-refractivity contribution in [2.45, 2.75) is 39.8 Å². The standard InChI is InChI=1S/C11H20N2OS/c1-5-14-7-8(2)13-10(4)11-12-6-9(3)15-11/h6,8,10,13H,5,7H2,1-4H3. The first-order chi connectivity index (χ1) is 7.13. The molecule has 86 valence electrons. The van der Waals surface area contributed by atoms with Crippen LogP contribution in [-0.4, -0.2) is 24.2 Å². The van der Waals surface area contributed by atoms with E-state index in [1.807, 2.05) is 13.1 Å². The topological polar surface area (TPSA) is 34.1 Å². The predicted octanol–water partition coefficient (Wildman–Crippen LogP) is 2.53. The van der Waals surface area contributed by atoms with E-state index in [2.05, 4.69) is 31.1 Å². The number of nitrogens with zero attached hydrogens (tertiary/aromatic N) is 1. The Morgan fingerprint density at radius 3 is 2.80 bits per heavy atom. The maximum Gasteiger partial charge on any atom is 0.109 e. The van der Waals surface area contributed by atoms with Crippen LogP contribution in [0.5, 0.6) is 0 Å². The quantitative estimate of drug-likeness (QED) is 0.812. The molecule has 1 rings (SSSR count). The molecule has 3 nitrogen and oxygen atoms in total. The molecule has 4 heteroatoms. The molecule has 2 atom stereocenters. The summed E-state index contributed by atoms with van der Waals surface area (Å²) in [7, 11) is 0. The van der Waals surface area contributed by atoms with Crippen LogP contribution in [-0.2, 0) is 4.74 Å². The molecule has 0 aromatic carbocycles. The van der Waals surface area contributed by atoms with Crippen molar-refractivity contribution in [3.63, 3.8) is 0 Å². The molecule has 0 aliphatic rings. The molecule has 0 amide bonds. The maximum absolute atomic E-state index is 5.36. The van der Waals surface area contributed by atoms with Crippen molar-refractivity contribution >= 4 is 11.3 Å². The highest BCUT2D eigenvalue weighted by molar-refractivity contribution is 7.11. The van der Waals surface area contributed by atoms with Gasteiger partial charge in [-0.1, -0.05) is 0 Å². The summed E-state index contributed by atoms with van der Waals surface area (Å²) in [6.07, 6.45) is 1.92. The Labute approximate surface area is 95.9 Å². The average molecular weight is 228 g/mol. The summed E-state index contributed by atoms with van der Waals surface area (Å²) in [5, 5.41) is 4.62. The lowest BCUT2D eigenvalue weighted by Gasteiger charge is -2.18. The molecule has 0 fully saturated rings. The second-order valence-corrected chi connectivity index (χ2v) is 5.02. The maximum atomic E-state index is 5.36. The van der Waals surface area contributed by atoms with Gasteiger partial charge in [-0.2, -0.15) is 0 Å². The summed E-state index contributed by atoms with van der Waals surface area (Å²) in [5.41, 5.74) is 0. The molecule has 2 unspecified atom stereocenters. The van der Waals surface area contributed by atoms with E-state index in [1.54, 1.807) is 11.3 Å². The molecule has 1 heterocycles. The Hall–Kier alpha value is -0.450. The van der Waals surface area contributed by atoms with E-state index in [0.717, 1.165) is 18.2 Å². The number of aromatic nitrogens is 1. The molecule has 0 aliphatic carbocycles. The van der Waals surface area contributed by atoms with E-state index in [1.165, 1.54) is 4.88 Å². The zero-order valence-corrected chi connectivity index (χ0v) is 10.7. The first kappa shape index (κ1) is 12.6. The van der Waals surface area contributed by atoms with Gasteiger partial charge in [-0.05, 0) is 27.7 Å². The summed E-state index contributed by atoms with van der Waals surface area (Å²) in [6.45, 7) is 9.90. The van der Waals surface area contributed by atoms with Gasteiger partial charge in [-0.15, -0.1) is 11.3 Å². The number of hydrogen-bond donors (Lipinski definition) is 1. The number of rotatable bonds is 6. The van der Waals surface area contributed by atoms with Crippen LogP contribution >= 0.6 is 11.3 Å². The van der Waals surface area contributed by atoms with Crippen molar-refractivity contribution in [1.82, 2.24) is 10.3 Å². The van der Waals surface area contributed by atoms with Gasteiger partial charge in [0.1, 0.15) is 5.01 Å². The van der Waals surface area contributed by atoms with Gasteiger partial charge in [0, 0.05) is 23.7 Å². The average Bonchev–Trinajstić information content (AvgIpc) is 2.61. The van der Waals surface area contributed by atoms with Crippen molar-refractivity contribution in [2.75, 3.05) is 13.2 Å². The highest BCUT2D eigenvalue weighted by Crippen LogP contribution is 2.19. The Bertz CT molecular complexity index is 288. The van der Waals surface area contributed by atoms with Gasteiger partial charge in [0.05, 0.1) is 12.6 Å². The van der Waals surface area contributed by atoms with Gasteiger partial charge in [-0.3, -0.25) is 0 Å². The third kappa shape index (κ3) is 4.28. The SMILES string of the molecule is CCOCC(C)NC(C)c1ncc(C)s1. The number of ether oxygens (including phenoxy) is 1. The lowest BCUT2D eigenvalue weighted by atomic mass is 10.3. The molecule has 15 heavy (non-hydrogen) atoms. The first-order valence-electron chi connectivity index (χ1n) is 5.39. The van der Waals surface area contributed by atoms with Gasteiger partial charge in [-0.25, -0.2) is 4.98 Å². The lowest BCUT2D eigenvalue weighted by Crippen LogP contribution is -2.32. The van der Waals surface area contributed by atoms with Crippen LogP contribution in [0, 0.1) is 6.92 Å².